The fraction of sp³-hybridized carbons (Fsp3) is 0.476. The summed E-state index contributed by atoms with van der Waals surface area (Å²) in [6.45, 7) is 7.39. The van der Waals surface area contributed by atoms with E-state index in [9.17, 15) is 5.26 Å². The van der Waals surface area contributed by atoms with Gasteiger partial charge in [-0.3, -0.25) is 4.90 Å². The Balaban J connectivity index is 1.26. The topological polar surface area (TPSA) is 87.0 Å². The van der Waals surface area contributed by atoms with E-state index in [1.165, 1.54) is 5.56 Å². The van der Waals surface area contributed by atoms with E-state index in [4.69, 9.17) is 14.2 Å². The highest BCUT2D eigenvalue weighted by Gasteiger charge is 2.25. The van der Waals surface area contributed by atoms with Crippen LogP contribution in [0.5, 0.6) is 11.5 Å². The average Bonchev–Trinajstić information content (AvgIpc) is 3.27. The predicted molar refractivity (Wildman–Crippen MR) is 110 cm³/mol. The van der Waals surface area contributed by atoms with Gasteiger partial charge in [0.25, 0.3) is 0 Å². The third-order valence-electron chi connectivity index (χ3n) is 5.74. The molecule has 5 rings (SSSR count). The highest BCUT2D eigenvalue weighted by atomic mass is 16.7. The summed E-state index contributed by atoms with van der Waals surface area (Å²) in [4.78, 5) is 15.6. The van der Waals surface area contributed by atoms with Crippen LogP contribution < -0.4 is 19.3 Å². The van der Waals surface area contributed by atoms with Crippen molar-refractivity contribution in [2.45, 2.75) is 6.54 Å². The summed E-state index contributed by atoms with van der Waals surface area (Å²) in [5.41, 5.74) is 1.77. The molecule has 0 saturated carbocycles. The maximum absolute atomic E-state index is 9.84. The van der Waals surface area contributed by atoms with Gasteiger partial charge < -0.3 is 24.0 Å². The van der Waals surface area contributed by atoms with Crippen molar-refractivity contribution >= 4 is 11.6 Å². The van der Waals surface area contributed by atoms with E-state index in [0.29, 0.717) is 31.4 Å². The zero-order valence-corrected chi connectivity index (χ0v) is 16.8. The molecule has 9 nitrogen and oxygen atoms in total. The third kappa shape index (κ3) is 3.72. The maximum Gasteiger partial charge on any atom is 0.231 e. The van der Waals surface area contributed by atoms with Crippen LogP contribution in [0.15, 0.2) is 24.5 Å². The molecule has 9 heteroatoms. The summed E-state index contributed by atoms with van der Waals surface area (Å²) in [6.07, 6.45) is 1.57. The van der Waals surface area contributed by atoms with Crippen molar-refractivity contribution < 1.29 is 14.2 Å². The van der Waals surface area contributed by atoms with Crippen LogP contribution in [-0.4, -0.2) is 74.1 Å². The van der Waals surface area contributed by atoms with E-state index in [2.05, 4.69) is 42.9 Å². The molecule has 0 aliphatic carbocycles. The molecule has 4 heterocycles. The molecule has 1 aromatic carbocycles. The van der Waals surface area contributed by atoms with Crippen LogP contribution >= 0.6 is 0 Å². The Morgan fingerprint density at radius 1 is 0.900 bits per heavy atom. The molecule has 156 valence electrons. The van der Waals surface area contributed by atoms with Crippen molar-refractivity contribution in [2.24, 2.45) is 0 Å². The van der Waals surface area contributed by atoms with Crippen molar-refractivity contribution in [1.82, 2.24) is 14.9 Å². The number of hydrogen-bond donors (Lipinski definition) is 0. The lowest BCUT2D eigenvalue weighted by Crippen LogP contribution is -2.46. The van der Waals surface area contributed by atoms with Gasteiger partial charge in [-0.2, -0.15) is 5.26 Å². The molecule has 2 saturated heterocycles. The van der Waals surface area contributed by atoms with E-state index in [1.54, 1.807) is 6.33 Å². The molecule has 0 spiro atoms. The predicted octanol–water partition coefficient (Wildman–Crippen LogP) is 1.24. The zero-order valence-electron chi connectivity index (χ0n) is 16.8. The molecule has 30 heavy (non-hydrogen) atoms. The SMILES string of the molecule is N#Cc1c(N2CCOCC2)ncnc1N1CCN(Cc2ccc3c(c2)OCO3)CC1. The summed E-state index contributed by atoms with van der Waals surface area (Å²) in [5.74, 6) is 3.08. The molecule has 0 unspecified atom stereocenters. The minimum absolute atomic E-state index is 0.296. The van der Waals surface area contributed by atoms with Crippen LogP contribution in [0.2, 0.25) is 0 Å². The van der Waals surface area contributed by atoms with Crippen molar-refractivity contribution in [3.63, 3.8) is 0 Å². The summed E-state index contributed by atoms with van der Waals surface area (Å²) in [5, 5.41) is 9.84. The first-order chi connectivity index (χ1) is 14.8. The Hall–Kier alpha value is -3.09. The first-order valence-corrected chi connectivity index (χ1v) is 10.3. The molecule has 2 fully saturated rings. The Morgan fingerprint density at radius 3 is 2.33 bits per heavy atom. The number of aromatic nitrogens is 2. The van der Waals surface area contributed by atoms with Gasteiger partial charge in [0, 0.05) is 45.8 Å². The molecule has 3 aliphatic rings. The minimum Gasteiger partial charge on any atom is -0.454 e. The lowest BCUT2D eigenvalue weighted by atomic mass is 10.1. The quantitative estimate of drug-likeness (QED) is 0.741. The van der Waals surface area contributed by atoms with E-state index >= 15 is 0 Å². The Bertz CT molecular complexity index is 948. The zero-order chi connectivity index (χ0) is 20.3. The number of rotatable bonds is 4. The van der Waals surface area contributed by atoms with Crippen LogP contribution in [-0.2, 0) is 11.3 Å². The number of fused-ring (bicyclic) bond motifs is 1. The number of ether oxygens (including phenoxy) is 3. The Labute approximate surface area is 175 Å². The number of nitriles is 1. The number of benzene rings is 1. The molecule has 2 aromatic rings. The minimum atomic E-state index is 0.296. The van der Waals surface area contributed by atoms with Crippen molar-refractivity contribution in [1.29, 1.82) is 5.26 Å². The number of anilines is 2. The van der Waals surface area contributed by atoms with Crippen LogP contribution in [0.25, 0.3) is 0 Å². The van der Waals surface area contributed by atoms with Gasteiger partial charge >= 0.3 is 0 Å². The van der Waals surface area contributed by atoms with Crippen molar-refractivity contribution in [3.8, 4) is 17.6 Å². The standard InChI is InChI=1S/C21H24N6O3/c22-12-17-20(23-14-24-21(17)27-7-9-28-10-8-27)26-5-3-25(4-6-26)13-16-1-2-18-19(11-16)30-15-29-18/h1-2,11,14H,3-10,13,15H2. The summed E-state index contributed by atoms with van der Waals surface area (Å²) >= 11 is 0. The van der Waals surface area contributed by atoms with E-state index < -0.39 is 0 Å². The molecule has 0 atom stereocenters. The molecule has 0 radical (unpaired) electrons. The van der Waals surface area contributed by atoms with E-state index in [1.807, 2.05) is 6.07 Å². The smallest absolute Gasteiger partial charge is 0.231 e. The summed E-state index contributed by atoms with van der Waals surface area (Å²) in [7, 11) is 0. The Kier molecular flexibility index (Phi) is 5.26. The third-order valence-corrected chi connectivity index (χ3v) is 5.74. The fourth-order valence-electron chi connectivity index (χ4n) is 4.14. The second kappa shape index (κ2) is 8.34. The summed E-state index contributed by atoms with van der Waals surface area (Å²) < 4.78 is 16.3. The lowest BCUT2D eigenvalue weighted by molar-refractivity contribution is 0.122. The number of piperazine rings is 1. The van der Waals surface area contributed by atoms with Crippen LogP contribution in [0.1, 0.15) is 11.1 Å². The van der Waals surface area contributed by atoms with Gasteiger partial charge in [-0.1, -0.05) is 6.07 Å². The number of nitrogens with zero attached hydrogens (tertiary/aromatic N) is 6. The van der Waals surface area contributed by atoms with Gasteiger partial charge in [0.05, 0.1) is 13.2 Å². The first-order valence-electron chi connectivity index (χ1n) is 10.3. The molecule has 0 N–H and O–H groups in total. The fourth-order valence-corrected chi connectivity index (χ4v) is 4.14. The molecule has 1 aromatic heterocycles. The Morgan fingerprint density at radius 2 is 1.60 bits per heavy atom. The molecule has 3 aliphatic heterocycles. The molecular formula is C21H24N6O3. The van der Waals surface area contributed by atoms with Crippen LogP contribution in [0, 0.1) is 11.3 Å². The number of morpholine rings is 1. The second-order valence-electron chi connectivity index (χ2n) is 7.56. The normalized spacial score (nSPS) is 19.0. The van der Waals surface area contributed by atoms with Crippen molar-refractivity contribution in [2.75, 3.05) is 69.1 Å². The molecule has 0 amide bonds. The molecule has 0 bridgehead atoms. The van der Waals surface area contributed by atoms with Gasteiger partial charge in [0.2, 0.25) is 6.79 Å². The monoisotopic (exact) mass is 408 g/mol. The summed E-state index contributed by atoms with van der Waals surface area (Å²) in [6, 6.07) is 8.47. The first kappa shape index (κ1) is 18.9. The lowest BCUT2D eigenvalue weighted by Gasteiger charge is -2.36. The maximum atomic E-state index is 9.84. The van der Waals surface area contributed by atoms with Gasteiger partial charge in [0.1, 0.15) is 18.0 Å². The van der Waals surface area contributed by atoms with Crippen LogP contribution in [0.4, 0.5) is 11.6 Å². The van der Waals surface area contributed by atoms with Gasteiger partial charge in [-0.05, 0) is 17.7 Å². The largest absolute Gasteiger partial charge is 0.454 e. The number of hydrogen-bond acceptors (Lipinski definition) is 9. The average molecular weight is 408 g/mol. The van der Waals surface area contributed by atoms with Crippen molar-refractivity contribution in [3.05, 3.63) is 35.7 Å². The van der Waals surface area contributed by atoms with E-state index in [-0.39, 0.29) is 0 Å². The van der Waals surface area contributed by atoms with Gasteiger partial charge in [-0.25, -0.2) is 9.97 Å². The van der Waals surface area contributed by atoms with Gasteiger partial charge in [-0.15, -0.1) is 0 Å². The highest BCUT2D eigenvalue weighted by Crippen LogP contribution is 2.33. The highest BCUT2D eigenvalue weighted by molar-refractivity contribution is 5.66. The van der Waals surface area contributed by atoms with Crippen LogP contribution in [0.3, 0.4) is 0 Å². The molecular weight excluding hydrogens is 384 g/mol. The second-order valence-corrected chi connectivity index (χ2v) is 7.56. The van der Waals surface area contributed by atoms with E-state index in [0.717, 1.165) is 63.1 Å². The van der Waals surface area contributed by atoms with Gasteiger partial charge in [0.15, 0.2) is 23.1 Å².